The number of anilines is 1. The molecular formula is C13H13N3O3. The molecule has 1 N–H and O–H groups in total. The summed E-state index contributed by atoms with van der Waals surface area (Å²) in [5.74, 6) is -0.291. The Morgan fingerprint density at radius 1 is 1.47 bits per heavy atom. The monoisotopic (exact) mass is 259 g/mol. The van der Waals surface area contributed by atoms with Crippen molar-refractivity contribution in [3.63, 3.8) is 0 Å². The van der Waals surface area contributed by atoms with E-state index in [0.717, 1.165) is 24.0 Å². The number of benzene rings is 1. The van der Waals surface area contributed by atoms with Gasteiger partial charge in [-0.3, -0.25) is 0 Å². The molecule has 0 spiro atoms. The van der Waals surface area contributed by atoms with E-state index in [4.69, 9.17) is 9.84 Å². The number of aromatic nitrogens is 2. The summed E-state index contributed by atoms with van der Waals surface area (Å²) in [7, 11) is 1.69. The Labute approximate surface area is 109 Å². The van der Waals surface area contributed by atoms with Gasteiger partial charge >= 0.3 is 5.97 Å². The van der Waals surface area contributed by atoms with Crippen LogP contribution in [0.5, 0.6) is 0 Å². The number of fused-ring (bicyclic) bond motifs is 1. The van der Waals surface area contributed by atoms with Gasteiger partial charge in [-0.05, 0) is 18.2 Å². The molecular weight excluding hydrogens is 246 g/mol. The quantitative estimate of drug-likeness (QED) is 0.891. The lowest BCUT2D eigenvalue weighted by Gasteiger charge is -2.38. The van der Waals surface area contributed by atoms with Crippen LogP contribution in [0.2, 0.25) is 0 Å². The van der Waals surface area contributed by atoms with Crippen molar-refractivity contribution in [2.24, 2.45) is 0 Å². The van der Waals surface area contributed by atoms with Crippen molar-refractivity contribution in [3.8, 4) is 0 Å². The molecule has 0 atom stereocenters. The summed E-state index contributed by atoms with van der Waals surface area (Å²) in [6, 6.07) is 4.84. The van der Waals surface area contributed by atoms with Crippen molar-refractivity contribution < 1.29 is 14.6 Å². The molecule has 1 aliphatic heterocycles. The van der Waals surface area contributed by atoms with Crippen molar-refractivity contribution >= 4 is 22.8 Å². The number of rotatable bonds is 3. The molecule has 19 heavy (non-hydrogen) atoms. The molecule has 2 heterocycles. The van der Waals surface area contributed by atoms with Gasteiger partial charge in [0.1, 0.15) is 0 Å². The topological polar surface area (TPSA) is 75.5 Å². The summed E-state index contributed by atoms with van der Waals surface area (Å²) in [6.45, 7) is 1.57. The number of nitrogens with zero attached hydrogens (tertiary/aromatic N) is 3. The predicted molar refractivity (Wildman–Crippen MR) is 69.5 cm³/mol. The highest BCUT2D eigenvalue weighted by molar-refractivity contribution is 5.93. The van der Waals surface area contributed by atoms with Gasteiger partial charge < -0.3 is 14.7 Å². The van der Waals surface area contributed by atoms with Gasteiger partial charge in [-0.15, -0.1) is 0 Å². The molecule has 1 saturated heterocycles. The maximum Gasteiger partial charge on any atom is 0.335 e. The number of hydrogen-bond donors (Lipinski definition) is 1. The highest BCUT2D eigenvalue weighted by Gasteiger charge is 2.28. The largest absolute Gasteiger partial charge is 0.478 e. The molecule has 0 aliphatic carbocycles. The second kappa shape index (κ2) is 4.47. The molecule has 2 aromatic rings. The van der Waals surface area contributed by atoms with E-state index in [1.165, 1.54) is 0 Å². The number of hydrogen-bond acceptors (Lipinski definition) is 5. The number of ether oxygens (including phenoxy) is 1. The van der Waals surface area contributed by atoms with E-state index in [0.29, 0.717) is 5.95 Å². The minimum absolute atomic E-state index is 0.243. The minimum Gasteiger partial charge on any atom is -0.478 e. The molecule has 6 nitrogen and oxygen atoms in total. The van der Waals surface area contributed by atoms with E-state index in [1.54, 1.807) is 31.5 Å². The fourth-order valence-electron chi connectivity index (χ4n) is 2.06. The summed E-state index contributed by atoms with van der Waals surface area (Å²) >= 11 is 0. The van der Waals surface area contributed by atoms with Crippen LogP contribution in [0, 0.1) is 0 Å². The van der Waals surface area contributed by atoms with Gasteiger partial charge in [0.15, 0.2) is 0 Å². The van der Waals surface area contributed by atoms with Crippen LogP contribution >= 0.6 is 0 Å². The Bertz CT molecular complexity index is 638. The van der Waals surface area contributed by atoms with Crippen LogP contribution in [-0.4, -0.2) is 47.3 Å². The summed E-state index contributed by atoms with van der Waals surface area (Å²) in [5, 5.41) is 9.66. The molecule has 3 rings (SSSR count). The first-order chi connectivity index (χ1) is 9.17. The van der Waals surface area contributed by atoms with Gasteiger partial charge in [0.2, 0.25) is 5.95 Å². The number of carboxylic acids is 1. The third-order valence-electron chi connectivity index (χ3n) is 3.28. The van der Waals surface area contributed by atoms with Crippen molar-refractivity contribution in [1.82, 2.24) is 9.97 Å². The molecule has 0 bridgehead atoms. The molecule has 1 fully saturated rings. The third-order valence-corrected chi connectivity index (χ3v) is 3.28. The summed E-state index contributed by atoms with van der Waals surface area (Å²) < 4.78 is 5.20. The fraction of sp³-hybridized carbons (Fsp3) is 0.308. The van der Waals surface area contributed by atoms with Crippen molar-refractivity contribution in [2.75, 3.05) is 25.1 Å². The van der Waals surface area contributed by atoms with Gasteiger partial charge in [0, 0.05) is 31.8 Å². The van der Waals surface area contributed by atoms with Crippen LogP contribution in [0.3, 0.4) is 0 Å². The van der Waals surface area contributed by atoms with Crippen LogP contribution in [0.15, 0.2) is 24.4 Å². The van der Waals surface area contributed by atoms with Gasteiger partial charge in [-0.25, -0.2) is 14.8 Å². The molecule has 98 valence electrons. The predicted octanol–water partition coefficient (Wildman–Crippen LogP) is 1.16. The Morgan fingerprint density at radius 2 is 2.26 bits per heavy atom. The zero-order chi connectivity index (χ0) is 13.4. The lowest BCUT2D eigenvalue weighted by molar-refractivity contribution is 0.0697. The molecule has 0 amide bonds. The van der Waals surface area contributed by atoms with E-state index in [-0.39, 0.29) is 11.7 Å². The zero-order valence-electron chi connectivity index (χ0n) is 10.4. The first-order valence-electron chi connectivity index (χ1n) is 5.95. The normalized spacial score (nSPS) is 15.5. The number of carboxylic acid groups (broad SMARTS) is 1. The summed E-state index contributed by atoms with van der Waals surface area (Å²) in [4.78, 5) is 21.6. The lowest BCUT2D eigenvalue weighted by Crippen LogP contribution is -2.52. The number of carbonyl (C=O) groups is 1. The molecule has 1 aromatic carbocycles. The molecule has 6 heteroatoms. The zero-order valence-corrected chi connectivity index (χ0v) is 10.4. The number of aromatic carboxylic acids is 1. The van der Waals surface area contributed by atoms with Crippen LogP contribution in [0.4, 0.5) is 5.95 Å². The van der Waals surface area contributed by atoms with Crippen molar-refractivity contribution in [2.45, 2.75) is 6.10 Å². The van der Waals surface area contributed by atoms with Crippen LogP contribution in [0.1, 0.15) is 10.4 Å². The van der Waals surface area contributed by atoms with Gasteiger partial charge in [0.05, 0.1) is 17.2 Å². The maximum absolute atomic E-state index is 10.9. The Hall–Kier alpha value is -2.21. The first-order valence-corrected chi connectivity index (χ1v) is 5.95. The van der Waals surface area contributed by atoms with Crippen molar-refractivity contribution in [1.29, 1.82) is 0 Å². The van der Waals surface area contributed by atoms with E-state index in [1.807, 2.05) is 4.90 Å². The van der Waals surface area contributed by atoms with Gasteiger partial charge in [-0.1, -0.05) is 0 Å². The first kappa shape index (κ1) is 11.9. The Balaban J connectivity index is 1.90. The minimum atomic E-state index is -0.948. The summed E-state index contributed by atoms with van der Waals surface area (Å²) in [5.41, 5.74) is 0.989. The lowest BCUT2D eigenvalue weighted by atomic mass is 10.1. The molecule has 1 aromatic heterocycles. The molecule has 1 aliphatic rings. The highest BCUT2D eigenvalue weighted by atomic mass is 16.5. The van der Waals surface area contributed by atoms with E-state index >= 15 is 0 Å². The van der Waals surface area contributed by atoms with Crippen molar-refractivity contribution in [3.05, 3.63) is 30.0 Å². The third kappa shape index (κ3) is 2.10. The maximum atomic E-state index is 10.9. The second-order valence-electron chi connectivity index (χ2n) is 4.51. The van der Waals surface area contributed by atoms with E-state index in [2.05, 4.69) is 9.97 Å². The van der Waals surface area contributed by atoms with Crippen LogP contribution < -0.4 is 4.90 Å². The Morgan fingerprint density at radius 3 is 2.95 bits per heavy atom. The molecule has 0 saturated carbocycles. The average molecular weight is 259 g/mol. The molecule has 0 radical (unpaired) electrons. The molecule has 0 unspecified atom stereocenters. The second-order valence-corrected chi connectivity index (χ2v) is 4.51. The SMILES string of the molecule is COC1CN(c2ncc3cc(C(=O)O)ccc3n2)C1. The summed E-state index contributed by atoms with van der Waals surface area (Å²) in [6.07, 6.45) is 1.90. The smallest absolute Gasteiger partial charge is 0.335 e. The van der Waals surface area contributed by atoms with Gasteiger partial charge in [0.25, 0.3) is 0 Å². The number of methoxy groups -OCH3 is 1. The van der Waals surface area contributed by atoms with Crippen LogP contribution in [-0.2, 0) is 4.74 Å². The highest BCUT2D eigenvalue weighted by Crippen LogP contribution is 2.21. The standard InChI is InChI=1S/C13H13N3O3/c1-19-10-6-16(7-10)13-14-5-9-4-8(12(17)18)2-3-11(9)15-13/h2-5,10H,6-7H2,1H3,(H,17,18). The van der Waals surface area contributed by atoms with Crippen LogP contribution in [0.25, 0.3) is 10.9 Å². The fourth-order valence-corrected chi connectivity index (χ4v) is 2.06. The van der Waals surface area contributed by atoms with Gasteiger partial charge in [-0.2, -0.15) is 0 Å². The Kier molecular flexibility index (Phi) is 2.79. The average Bonchev–Trinajstić information content (AvgIpc) is 2.36. The van der Waals surface area contributed by atoms with E-state index in [9.17, 15) is 4.79 Å². The van der Waals surface area contributed by atoms with E-state index < -0.39 is 5.97 Å².